The largest absolute Gasteiger partial charge is 0.463 e. The van der Waals surface area contributed by atoms with Crippen LogP contribution in [-0.2, 0) is 20.5 Å². The molecule has 0 fully saturated rings. The molecule has 0 amide bonds. The van der Waals surface area contributed by atoms with E-state index in [0.29, 0.717) is 12.8 Å². The van der Waals surface area contributed by atoms with Crippen LogP contribution in [0, 0.1) is 5.92 Å². The number of esters is 1. The van der Waals surface area contributed by atoms with Crippen LogP contribution < -0.4 is 4.72 Å². The van der Waals surface area contributed by atoms with Gasteiger partial charge in [0.1, 0.15) is 6.04 Å². The summed E-state index contributed by atoms with van der Waals surface area (Å²) in [5.74, 6) is -2.32. The molecule has 4 nitrogen and oxygen atoms in total. The summed E-state index contributed by atoms with van der Waals surface area (Å²) < 4.78 is 58.6. The molecule has 0 rings (SSSR count). The maximum Gasteiger partial charge on any atom is 0.405 e. The van der Waals surface area contributed by atoms with Crippen molar-refractivity contribution in [3.05, 3.63) is 0 Å². The van der Waals surface area contributed by atoms with Gasteiger partial charge in [-0.05, 0) is 41.0 Å². The van der Waals surface area contributed by atoms with Gasteiger partial charge in [-0.1, -0.05) is 19.8 Å². The first-order valence-electron chi connectivity index (χ1n) is 7.76. The normalized spacial score (nSPS) is 17.0. The fourth-order valence-corrected chi connectivity index (χ4v) is 2.72. The zero-order valence-electron chi connectivity index (χ0n) is 14.6. The Morgan fingerprint density at radius 1 is 1.22 bits per heavy atom. The van der Waals surface area contributed by atoms with E-state index in [1.165, 1.54) is 0 Å². The van der Waals surface area contributed by atoms with Gasteiger partial charge in [-0.15, -0.1) is 0 Å². The van der Waals surface area contributed by atoms with Gasteiger partial charge in [-0.25, -0.2) is 8.93 Å². The number of unbranched alkanes of at least 4 members (excludes halogenated alkanes) is 1. The minimum Gasteiger partial charge on any atom is -0.463 e. The summed E-state index contributed by atoms with van der Waals surface area (Å²) in [4.78, 5) is 12.1. The van der Waals surface area contributed by atoms with Gasteiger partial charge in [0.15, 0.2) is 0 Å². The second kappa shape index (κ2) is 9.01. The molecule has 0 aliphatic rings. The number of rotatable bonds is 8. The first-order valence-corrected chi connectivity index (χ1v) is 8.91. The fraction of sp³-hybridized carbons (Fsp3) is 0.933. The zero-order chi connectivity index (χ0) is 18.4. The van der Waals surface area contributed by atoms with Crippen LogP contribution in [0.2, 0.25) is 0 Å². The zero-order valence-corrected chi connectivity index (χ0v) is 15.4. The lowest BCUT2D eigenvalue weighted by Crippen LogP contribution is -2.53. The van der Waals surface area contributed by atoms with E-state index in [-0.39, 0.29) is 6.42 Å². The number of hydrogen-bond acceptors (Lipinski definition) is 3. The molecule has 0 spiro atoms. The Balaban J connectivity index is 5.47. The van der Waals surface area contributed by atoms with Crippen molar-refractivity contribution in [3.63, 3.8) is 0 Å². The van der Waals surface area contributed by atoms with Crippen LogP contribution in [0.3, 0.4) is 0 Å². The molecule has 0 unspecified atom stereocenters. The monoisotopic (exact) mass is 359 g/mol. The van der Waals surface area contributed by atoms with Gasteiger partial charge in [-0.3, -0.25) is 4.79 Å². The molecule has 0 radical (unpaired) electrons. The van der Waals surface area contributed by atoms with Crippen molar-refractivity contribution in [2.75, 3.05) is 0 Å². The van der Waals surface area contributed by atoms with Crippen LogP contribution in [-0.4, -0.2) is 33.2 Å². The van der Waals surface area contributed by atoms with E-state index in [4.69, 9.17) is 4.74 Å². The topological polar surface area (TPSA) is 55.4 Å². The Bertz CT molecular complexity index is 406. The summed E-state index contributed by atoms with van der Waals surface area (Å²) in [6.07, 6.45) is -4.07. The molecule has 8 heteroatoms. The van der Waals surface area contributed by atoms with Crippen LogP contribution in [0.15, 0.2) is 0 Å². The molecule has 3 atom stereocenters. The van der Waals surface area contributed by atoms with E-state index in [9.17, 15) is 22.2 Å². The van der Waals surface area contributed by atoms with Gasteiger partial charge in [0.25, 0.3) is 0 Å². The lowest BCUT2D eigenvalue weighted by atomic mass is 9.94. The molecule has 0 aromatic carbocycles. The lowest BCUT2D eigenvalue weighted by Gasteiger charge is -2.31. The van der Waals surface area contributed by atoms with E-state index in [1.54, 1.807) is 34.6 Å². The number of carbonyl (C=O) groups is 1. The number of nitrogens with one attached hydrogen (secondary N) is 1. The molecule has 0 aromatic heterocycles. The predicted molar refractivity (Wildman–Crippen MR) is 85.1 cm³/mol. The van der Waals surface area contributed by atoms with Crippen molar-refractivity contribution in [1.82, 2.24) is 4.72 Å². The van der Waals surface area contributed by atoms with E-state index in [1.807, 2.05) is 6.92 Å². The first-order chi connectivity index (χ1) is 10.3. The molecule has 0 bridgehead atoms. The highest BCUT2D eigenvalue weighted by atomic mass is 32.2. The molecule has 0 aliphatic heterocycles. The first kappa shape index (κ1) is 22.4. The predicted octanol–water partition coefficient (Wildman–Crippen LogP) is 3.73. The molecule has 0 aromatic rings. The average molecular weight is 359 g/mol. The van der Waals surface area contributed by atoms with Gasteiger partial charge in [0.2, 0.25) is 0 Å². The highest BCUT2D eigenvalue weighted by molar-refractivity contribution is 7.84. The smallest absolute Gasteiger partial charge is 0.405 e. The third kappa shape index (κ3) is 8.15. The Hall–Kier alpha value is -0.630. The number of hydrogen-bond donors (Lipinski definition) is 1. The highest BCUT2D eigenvalue weighted by Gasteiger charge is 2.49. The van der Waals surface area contributed by atoms with Crippen molar-refractivity contribution in [2.45, 2.75) is 83.9 Å². The van der Waals surface area contributed by atoms with Gasteiger partial charge in [-0.2, -0.15) is 13.2 Å². The maximum absolute atomic E-state index is 13.4. The summed E-state index contributed by atoms with van der Waals surface area (Å²) in [6.45, 7) is 9.69. The molecule has 0 saturated heterocycles. The minimum absolute atomic E-state index is 0.0283. The highest BCUT2D eigenvalue weighted by Crippen LogP contribution is 2.31. The van der Waals surface area contributed by atoms with E-state index in [0.717, 1.165) is 0 Å². The third-order valence-corrected chi connectivity index (χ3v) is 4.65. The maximum atomic E-state index is 13.4. The van der Waals surface area contributed by atoms with Crippen molar-refractivity contribution in [1.29, 1.82) is 0 Å². The quantitative estimate of drug-likeness (QED) is 0.672. The van der Waals surface area contributed by atoms with Crippen molar-refractivity contribution >= 4 is 17.0 Å². The Morgan fingerprint density at radius 2 is 1.74 bits per heavy atom. The van der Waals surface area contributed by atoms with E-state index >= 15 is 0 Å². The Kier molecular flexibility index (Phi) is 8.76. The van der Waals surface area contributed by atoms with Crippen molar-refractivity contribution < 1.29 is 26.9 Å². The summed E-state index contributed by atoms with van der Waals surface area (Å²) >= 11 is 0. The van der Waals surface area contributed by atoms with Crippen LogP contribution in [0.1, 0.15) is 60.8 Å². The van der Waals surface area contributed by atoms with Crippen molar-refractivity contribution in [2.24, 2.45) is 5.92 Å². The summed E-state index contributed by atoms with van der Waals surface area (Å²) in [5.41, 5.74) is 0. The second-order valence-electron chi connectivity index (χ2n) is 6.75. The molecule has 1 N–H and O–H groups in total. The molecule has 0 aliphatic carbocycles. The Labute approximate surface area is 139 Å². The van der Waals surface area contributed by atoms with E-state index < -0.39 is 45.9 Å². The molecule has 138 valence electrons. The molecule has 0 heterocycles. The van der Waals surface area contributed by atoms with Crippen molar-refractivity contribution in [3.8, 4) is 0 Å². The number of carbonyl (C=O) groups excluding carboxylic acids is 1. The average Bonchev–Trinajstić information content (AvgIpc) is 2.34. The SMILES string of the molecule is CCCC[C@@H](C(=O)OC(C)C)[C@@H](N[S@](=O)C(C)(C)C)C(F)(F)F. The number of alkyl halides is 3. The van der Waals surface area contributed by atoms with Gasteiger partial charge in [0.05, 0.1) is 27.8 Å². The van der Waals surface area contributed by atoms with Gasteiger partial charge < -0.3 is 4.74 Å². The minimum atomic E-state index is -4.70. The summed E-state index contributed by atoms with van der Waals surface area (Å²) in [7, 11) is -1.95. The standard InChI is InChI=1S/C15H28F3NO3S/c1-7-8-9-11(13(20)22-10(2)3)12(15(16,17)18)19-23(21)14(4,5)6/h10-12,19H,7-9H2,1-6H3/t11-,12-,23-/m1/s1. The number of halogens is 3. The van der Waals surface area contributed by atoms with Gasteiger partial charge in [0, 0.05) is 0 Å². The van der Waals surface area contributed by atoms with Crippen LogP contribution >= 0.6 is 0 Å². The van der Waals surface area contributed by atoms with Crippen LogP contribution in [0.25, 0.3) is 0 Å². The van der Waals surface area contributed by atoms with E-state index in [2.05, 4.69) is 4.72 Å². The van der Waals surface area contributed by atoms with Gasteiger partial charge >= 0.3 is 12.1 Å². The molecule has 0 saturated carbocycles. The fourth-order valence-electron chi connectivity index (χ4n) is 1.83. The lowest BCUT2D eigenvalue weighted by molar-refractivity contribution is -0.181. The summed E-state index contributed by atoms with van der Waals surface area (Å²) in [6, 6.07) is -2.19. The second-order valence-corrected chi connectivity index (χ2v) is 8.75. The van der Waals surface area contributed by atoms with Crippen LogP contribution in [0.4, 0.5) is 13.2 Å². The molecular formula is C15H28F3NO3S. The molecule has 23 heavy (non-hydrogen) atoms. The van der Waals surface area contributed by atoms with Crippen LogP contribution in [0.5, 0.6) is 0 Å². The summed E-state index contributed by atoms with van der Waals surface area (Å²) in [5, 5.41) is 0. The number of ether oxygens (including phenoxy) is 1. The third-order valence-electron chi connectivity index (χ3n) is 3.07. The molecular weight excluding hydrogens is 331 g/mol. The Morgan fingerprint density at radius 3 is 2.09 bits per heavy atom.